The molecule has 0 unspecified atom stereocenters. The van der Waals surface area contributed by atoms with Crippen molar-refractivity contribution >= 4 is 20.9 Å². The van der Waals surface area contributed by atoms with E-state index in [1.54, 1.807) is 42.5 Å². The van der Waals surface area contributed by atoms with E-state index in [0.29, 0.717) is 22.4 Å². The van der Waals surface area contributed by atoms with Gasteiger partial charge in [0.2, 0.25) is 10.0 Å². The van der Waals surface area contributed by atoms with Crippen LogP contribution < -0.4 is 5.56 Å². The highest BCUT2D eigenvalue weighted by Crippen LogP contribution is 2.21. The number of aryl methyl sites for hydroxylation is 3. The molecule has 4 aromatic rings. The van der Waals surface area contributed by atoms with Crippen molar-refractivity contribution in [2.24, 2.45) is 0 Å². The maximum Gasteiger partial charge on any atom is 0.266 e. The lowest BCUT2D eigenvalue weighted by molar-refractivity contribution is 0.452. The summed E-state index contributed by atoms with van der Waals surface area (Å²) in [6, 6.07) is 19.6. The molecule has 164 valence electrons. The number of rotatable bonds is 5. The Morgan fingerprint density at radius 2 is 1.56 bits per heavy atom. The monoisotopic (exact) mass is 447 g/mol. The van der Waals surface area contributed by atoms with Gasteiger partial charge in [-0.25, -0.2) is 13.4 Å². The highest BCUT2D eigenvalue weighted by Gasteiger charge is 2.24. The van der Waals surface area contributed by atoms with Crippen LogP contribution in [0.2, 0.25) is 0 Å². The third kappa shape index (κ3) is 3.97. The number of aromatic nitrogens is 2. The Kier molecular flexibility index (Phi) is 5.71. The molecule has 0 aliphatic rings. The molecule has 0 saturated heterocycles. The number of hydrogen-bond donors (Lipinski definition) is 0. The fraction of sp³-hybridized carbons (Fsp3) is 0.200. The van der Waals surface area contributed by atoms with Crippen molar-refractivity contribution in [2.75, 3.05) is 7.05 Å². The highest BCUT2D eigenvalue weighted by atomic mass is 32.2. The Hall–Kier alpha value is -3.29. The fourth-order valence-corrected chi connectivity index (χ4v) is 4.89. The van der Waals surface area contributed by atoms with Crippen LogP contribution in [0.1, 0.15) is 22.5 Å². The number of sulfonamides is 1. The normalized spacial score (nSPS) is 11.9. The van der Waals surface area contributed by atoms with Gasteiger partial charge in [0.1, 0.15) is 5.82 Å². The van der Waals surface area contributed by atoms with Crippen LogP contribution >= 0.6 is 0 Å². The van der Waals surface area contributed by atoms with Gasteiger partial charge in [-0.2, -0.15) is 4.31 Å². The molecule has 6 nitrogen and oxygen atoms in total. The molecule has 1 heterocycles. The van der Waals surface area contributed by atoms with Crippen molar-refractivity contribution in [1.82, 2.24) is 13.9 Å². The van der Waals surface area contributed by atoms with Gasteiger partial charge in [0.15, 0.2) is 0 Å². The van der Waals surface area contributed by atoms with Gasteiger partial charge < -0.3 is 0 Å². The third-order valence-corrected chi connectivity index (χ3v) is 7.35. The summed E-state index contributed by atoms with van der Waals surface area (Å²) in [7, 11) is -2.26. The molecule has 0 fully saturated rings. The minimum Gasteiger partial charge on any atom is -0.268 e. The van der Waals surface area contributed by atoms with Crippen LogP contribution in [0.3, 0.4) is 0 Å². The first-order valence-corrected chi connectivity index (χ1v) is 11.7. The van der Waals surface area contributed by atoms with Gasteiger partial charge in [0.25, 0.3) is 5.56 Å². The van der Waals surface area contributed by atoms with E-state index in [-0.39, 0.29) is 17.0 Å². The molecule has 0 aliphatic carbocycles. The molecule has 0 saturated carbocycles. The van der Waals surface area contributed by atoms with Gasteiger partial charge >= 0.3 is 0 Å². The molecule has 0 N–H and O–H groups in total. The Morgan fingerprint density at radius 1 is 0.906 bits per heavy atom. The van der Waals surface area contributed by atoms with Gasteiger partial charge in [0.05, 0.1) is 28.0 Å². The number of hydrogen-bond acceptors (Lipinski definition) is 4. The minimum atomic E-state index is -3.76. The molecule has 0 spiro atoms. The van der Waals surface area contributed by atoms with Crippen LogP contribution in [-0.4, -0.2) is 29.3 Å². The molecule has 0 amide bonds. The van der Waals surface area contributed by atoms with Crippen LogP contribution in [0.25, 0.3) is 16.6 Å². The summed E-state index contributed by atoms with van der Waals surface area (Å²) in [5, 5.41) is 0.486. The topological polar surface area (TPSA) is 72.3 Å². The Balaban J connectivity index is 1.88. The van der Waals surface area contributed by atoms with Crippen LogP contribution in [-0.2, 0) is 16.6 Å². The summed E-state index contributed by atoms with van der Waals surface area (Å²) in [5.41, 5.74) is 3.97. The lowest BCUT2D eigenvalue weighted by atomic mass is 10.1. The van der Waals surface area contributed by atoms with Crippen LogP contribution in [0.4, 0.5) is 0 Å². The van der Waals surface area contributed by atoms with Crippen LogP contribution in [0.15, 0.2) is 76.4 Å². The molecular weight excluding hydrogens is 422 g/mol. The fourth-order valence-electron chi connectivity index (χ4n) is 3.76. The maximum atomic E-state index is 13.5. The molecule has 32 heavy (non-hydrogen) atoms. The summed E-state index contributed by atoms with van der Waals surface area (Å²) < 4.78 is 29.1. The van der Waals surface area contributed by atoms with Crippen LogP contribution in [0, 0.1) is 20.8 Å². The van der Waals surface area contributed by atoms with Crippen molar-refractivity contribution in [3.8, 4) is 5.69 Å². The maximum absolute atomic E-state index is 13.5. The first-order chi connectivity index (χ1) is 15.2. The predicted molar refractivity (Wildman–Crippen MR) is 127 cm³/mol. The van der Waals surface area contributed by atoms with E-state index < -0.39 is 10.0 Å². The van der Waals surface area contributed by atoms with Gasteiger partial charge in [0, 0.05) is 7.05 Å². The molecule has 3 aromatic carbocycles. The van der Waals surface area contributed by atoms with Crippen molar-refractivity contribution in [3.05, 3.63) is 99.6 Å². The van der Waals surface area contributed by atoms with Crippen molar-refractivity contribution in [3.63, 3.8) is 0 Å². The quantitative estimate of drug-likeness (QED) is 0.461. The van der Waals surface area contributed by atoms with E-state index in [1.165, 1.54) is 15.9 Å². The number of benzene rings is 3. The minimum absolute atomic E-state index is 0.0520. The van der Waals surface area contributed by atoms with E-state index in [1.807, 2.05) is 45.0 Å². The second-order valence-electron chi connectivity index (χ2n) is 8.05. The zero-order valence-corrected chi connectivity index (χ0v) is 19.3. The van der Waals surface area contributed by atoms with Gasteiger partial charge in [-0.15, -0.1) is 0 Å². The molecule has 0 radical (unpaired) electrons. The smallest absolute Gasteiger partial charge is 0.266 e. The van der Waals surface area contributed by atoms with Crippen molar-refractivity contribution in [2.45, 2.75) is 32.2 Å². The summed E-state index contributed by atoms with van der Waals surface area (Å²) >= 11 is 0. The second kappa shape index (κ2) is 8.33. The number of para-hydroxylation sites is 1. The van der Waals surface area contributed by atoms with Gasteiger partial charge in [-0.05, 0) is 56.7 Å². The second-order valence-corrected chi connectivity index (χ2v) is 10.1. The highest BCUT2D eigenvalue weighted by molar-refractivity contribution is 7.89. The summed E-state index contributed by atoms with van der Waals surface area (Å²) in [6.45, 7) is 5.77. The van der Waals surface area contributed by atoms with E-state index >= 15 is 0 Å². The molecule has 1 aromatic heterocycles. The first kappa shape index (κ1) is 21.9. The average Bonchev–Trinajstić information content (AvgIpc) is 2.75. The zero-order valence-electron chi connectivity index (χ0n) is 18.5. The standard InChI is InChI=1S/C25H25N3O3S/c1-17-9-12-20(13-10-17)32(30,31)27(4)16-24-26-22-8-6-5-7-21(22)25(29)28(24)23-14-11-18(2)15-19(23)3/h5-15H,16H2,1-4H3. The van der Waals surface area contributed by atoms with E-state index in [2.05, 4.69) is 0 Å². The number of nitrogens with zero attached hydrogens (tertiary/aromatic N) is 3. The zero-order chi connectivity index (χ0) is 23.0. The predicted octanol–water partition coefficient (Wildman–Crippen LogP) is 4.13. The van der Waals surface area contributed by atoms with Gasteiger partial charge in [-0.3, -0.25) is 9.36 Å². The summed E-state index contributed by atoms with van der Waals surface area (Å²) in [5.74, 6) is 0.360. The lowest BCUT2D eigenvalue weighted by Gasteiger charge is -2.21. The van der Waals surface area contributed by atoms with E-state index in [0.717, 1.165) is 16.7 Å². The first-order valence-electron chi connectivity index (χ1n) is 10.3. The molecule has 4 rings (SSSR count). The Morgan fingerprint density at radius 3 is 2.25 bits per heavy atom. The van der Waals surface area contributed by atoms with E-state index in [4.69, 9.17) is 4.98 Å². The summed E-state index contributed by atoms with van der Waals surface area (Å²) in [6.07, 6.45) is 0. The SMILES string of the molecule is Cc1ccc(S(=O)(=O)N(C)Cc2nc3ccccc3c(=O)n2-c2ccc(C)cc2C)cc1. The summed E-state index contributed by atoms with van der Waals surface area (Å²) in [4.78, 5) is 18.4. The molecule has 0 atom stereocenters. The Labute approximate surface area is 187 Å². The van der Waals surface area contributed by atoms with Crippen molar-refractivity contribution < 1.29 is 8.42 Å². The molecule has 0 bridgehead atoms. The number of fused-ring (bicyclic) bond motifs is 1. The van der Waals surface area contributed by atoms with E-state index in [9.17, 15) is 13.2 Å². The largest absolute Gasteiger partial charge is 0.268 e. The average molecular weight is 448 g/mol. The molecular formula is C25H25N3O3S. The van der Waals surface area contributed by atoms with Crippen LogP contribution in [0.5, 0.6) is 0 Å². The molecule has 7 heteroatoms. The third-order valence-electron chi connectivity index (χ3n) is 5.53. The Bertz CT molecular complexity index is 1470. The van der Waals surface area contributed by atoms with Crippen molar-refractivity contribution in [1.29, 1.82) is 0 Å². The molecule has 0 aliphatic heterocycles. The lowest BCUT2D eigenvalue weighted by Crippen LogP contribution is -2.32. The van der Waals surface area contributed by atoms with Gasteiger partial charge in [-0.1, -0.05) is 47.5 Å².